The van der Waals surface area contributed by atoms with Gasteiger partial charge in [-0.25, -0.2) is 4.99 Å². The molecule has 0 radical (unpaired) electrons. The van der Waals surface area contributed by atoms with Gasteiger partial charge in [0.25, 0.3) is 5.91 Å². The van der Waals surface area contributed by atoms with E-state index in [-0.39, 0.29) is 5.91 Å². The maximum absolute atomic E-state index is 13.6. The van der Waals surface area contributed by atoms with E-state index in [4.69, 9.17) is 11.4 Å². The van der Waals surface area contributed by atoms with Crippen molar-refractivity contribution in [2.24, 2.45) is 4.99 Å². The highest BCUT2D eigenvalue weighted by Crippen LogP contribution is 2.38. The van der Waals surface area contributed by atoms with Gasteiger partial charge in [0.2, 0.25) is 0 Å². The molecule has 3 nitrogen and oxygen atoms in total. The van der Waals surface area contributed by atoms with E-state index in [1.807, 2.05) is 78.9 Å². The summed E-state index contributed by atoms with van der Waals surface area (Å²) in [6.45, 7) is 0. The molecule has 1 amide bonds. The second-order valence-electron chi connectivity index (χ2n) is 7.11. The molecular weight excluding hydrogens is 356 g/mol. The Morgan fingerprint density at radius 3 is 2.17 bits per heavy atom. The minimum atomic E-state index is -0.0860. The first-order valence-electron chi connectivity index (χ1n) is 9.63. The predicted molar refractivity (Wildman–Crippen MR) is 117 cm³/mol. The third-order valence-electron chi connectivity index (χ3n) is 5.37. The van der Waals surface area contributed by atoms with Crippen LogP contribution in [0.2, 0.25) is 0 Å². The number of amidine groups is 1. The number of aryl methyl sites for hydroxylation is 1. The average molecular weight is 374 g/mol. The minimum Gasteiger partial charge on any atom is -0.266 e. The molecule has 2 aliphatic heterocycles. The molecule has 0 atom stereocenters. The zero-order valence-corrected chi connectivity index (χ0v) is 15.8. The van der Waals surface area contributed by atoms with Crippen molar-refractivity contribution in [2.75, 3.05) is 4.90 Å². The summed E-state index contributed by atoms with van der Waals surface area (Å²) in [4.78, 5) is 20.1. The molecule has 0 N–H and O–H groups in total. The van der Waals surface area contributed by atoms with E-state index < -0.39 is 0 Å². The number of fused-ring (bicyclic) bond motifs is 3. The zero-order valence-electron chi connectivity index (χ0n) is 15.8. The van der Waals surface area contributed by atoms with Gasteiger partial charge in [0.1, 0.15) is 11.5 Å². The summed E-state index contributed by atoms with van der Waals surface area (Å²) >= 11 is 0. The van der Waals surface area contributed by atoms with Crippen molar-refractivity contribution in [1.82, 2.24) is 0 Å². The highest BCUT2D eigenvalue weighted by molar-refractivity contribution is 6.31. The van der Waals surface area contributed by atoms with Crippen LogP contribution in [0.3, 0.4) is 0 Å². The molecule has 29 heavy (non-hydrogen) atoms. The summed E-state index contributed by atoms with van der Waals surface area (Å²) in [6.07, 6.45) is 7.09. The van der Waals surface area contributed by atoms with Gasteiger partial charge in [0.15, 0.2) is 0 Å². The summed E-state index contributed by atoms with van der Waals surface area (Å²) in [6, 6.07) is 25.8. The van der Waals surface area contributed by atoms with Gasteiger partial charge >= 0.3 is 0 Å². The van der Waals surface area contributed by atoms with Crippen molar-refractivity contribution < 1.29 is 4.79 Å². The Morgan fingerprint density at radius 1 is 0.897 bits per heavy atom. The monoisotopic (exact) mass is 374 g/mol. The van der Waals surface area contributed by atoms with E-state index in [1.165, 1.54) is 0 Å². The number of benzene rings is 3. The summed E-state index contributed by atoms with van der Waals surface area (Å²) in [7, 11) is 0. The third-order valence-corrected chi connectivity index (χ3v) is 5.37. The Balaban J connectivity index is 1.69. The lowest BCUT2D eigenvalue weighted by Crippen LogP contribution is -2.36. The van der Waals surface area contributed by atoms with E-state index in [9.17, 15) is 4.79 Å². The minimum absolute atomic E-state index is 0.0860. The zero-order chi connectivity index (χ0) is 19.8. The highest BCUT2D eigenvalue weighted by Gasteiger charge is 2.37. The van der Waals surface area contributed by atoms with Crippen LogP contribution in [0.15, 0.2) is 89.6 Å². The first-order valence-corrected chi connectivity index (χ1v) is 9.63. The second-order valence-corrected chi connectivity index (χ2v) is 7.11. The topological polar surface area (TPSA) is 32.7 Å². The van der Waals surface area contributed by atoms with Gasteiger partial charge in [-0.05, 0) is 41.3 Å². The molecule has 0 aliphatic carbocycles. The lowest BCUT2D eigenvalue weighted by atomic mass is 9.95. The van der Waals surface area contributed by atoms with Crippen LogP contribution in [-0.4, -0.2) is 11.7 Å². The molecule has 2 aliphatic rings. The molecule has 3 heteroatoms. The number of hydrogen-bond donors (Lipinski definition) is 0. The molecule has 3 aromatic rings. The molecule has 0 aromatic heterocycles. The molecular formula is C26H18N2O. The van der Waals surface area contributed by atoms with Crippen molar-refractivity contribution in [3.05, 3.63) is 107 Å². The Bertz CT molecular complexity index is 1170. The summed E-state index contributed by atoms with van der Waals surface area (Å²) in [5.41, 5.74) is 6.12. The van der Waals surface area contributed by atoms with E-state index in [1.54, 1.807) is 4.90 Å². The van der Waals surface area contributed by atoms with Crippen molar-refractivity contribution in [1.29, 1.82) is 0 Å². The van der Waals surface area contributed by atoms with Gasteiger partial charge in [-0.3, -0.25) is 9.69 Å². The Morgan fingerprint density at radius 2 is 1.55 bits per heavy atom. The number of carbonyl (C=O) groups is 1. The number of hydrogen-bond acceptors (Lipinski definition) is 2. The Kier molecular flexibility index (Phi) is 4.11. The van der Waals surface area contributed by atoms with Gasteiger partial charge in [0, 0.05) is 17.6 Å². The normalized spacial score (nSPS) is 14.7. The number of carbonyl (C=O) groups excluding carboxylic acids is 1. The maximum Gasteiger partial charge on any atom is 0.283 e. The molecule has 0 saturated heterocycles. The standard InChI is InChI=1S/C26H18N2O/c1-2-18-13-15-22-21(17-18)14-16-23-27-25(26(29)28(22)23)24(19-9-5-3-6-10-19)20-11-7-4-8-12-20/h1,3-13,15,17H,14,16H2. The van der Waals surface area contributed by atoms with Crippen LogP contribution in [0.25, 0.3) is 5.57 Å². The third kappa shape index (κ3) is 2.86. The first kappa shape index (κ1) is 17.2. The molecule has 0 unspecified atom stereocenters. The van der Waals surface area contributed by atoms with Crippen LogP contribution < -0.4 is 4.90 Å². The van der Waals surface area contributed by atoms with Crippen LogP contribution in [0.4, 0.5) is 5.69 Å². The molecule has 0 fully saturated rings. The number of amides is 1. The van der Waals surface area contributed by atoms with Crippen molar-refractivity contribution in [3.63, 3.8) is 0 Å². The highest BCUT2D eigenvalue weighted by atomic mass is 16.2. The molecule has 0 saturated carbocycles. The van der Waals surface area contributed by atoms with Crippen LogP contribution in [0.5, 0.6) is 0 Å². The second kappa shape index (κ2) is 6.92. The van der Waals surface area contributed by atoms with Crippen LogP contribution >= 0.6 is 0 Å². The van der Waals surface area contributed by atoms with Gasteiger partial charge in [0.05, 0.1) is 5.69 Å². The van der Waals surface area contributed by atoms with Gasteiger partial charge in [-0.15, -0.1) is 6.42 Å². The largest absolute Gasteiger partial charge is 0.283 e. The first-order chi connectivity index (χ1) is 14.3. The average Bonchev–Trinajstić information content (AvgIpc) is 3.11. The molecule has 0 bridgehead atoms. The number of anilines is 1. The van der Waals surface area contributed by atoms with Gasteiger partial charge < -0.3 is 0 Å². The van der Waals surface area contributed by atoms with Crippen LogP contribution in [-0.2, 0) is 11.2 Å². The lowest BCUT2D eigenvalue weighted by Gasteiger charge is -2.26. The van der Waals surface area contributed by atoms with Crippen LogP contribution in [0, 0.1) is 12.3 Å². The number of rotatable bonds is 2. The molecule has 5 rings (SSSR count). The van der Waals surface area contributed by atoms with E-state index in [0.717, 1.165) is 45.8 Å². The molecule has 138 valence electrons. The van der Waals surface area contributed by atoms with Crippen molar-refractivity contribution in [2.45, 2.75) is 12.8 Å². The fourth-order valence-corrected chi connectivity index (χ4v) is 4.02. The molecule has 2 heterocycles. The summed E-state index contributed by atoms with van der Waals surface area (Å²) < 4.78 is 0. The number of terminal acetylenes is 1. The lowest BCUT2D eigenvalue weighted by molar-refractivity contribution is -0.113. The quantitative estimate of drug-likeness (QED) is 0.468. The summed E-state index contributed by atoms with van der Waals surface area (Å²) in [5, 5.41) is 0. The Hall–Kier alpha value is -3.90. The maximum atomic E-state index is 13.6. The van der Waals surface area contributed by atoms with Crippen molar-refractivity contribution in [3.8, 4) is 12.3 Å². The van der Waals surface area contributed by atoms with E-state index in [2.05, 4.69) is 5.92 Å². The Labute approximate surface area is 170 Å². The van der Waals surface area contributed by atoms with Crippen molar-refractivity contribution >= 4 is 23.0 Å². The summed E-state index contributed by atoms with van der Waals surface area (Å²) in [5.74, 6) is 3.39. The molecule has 0 spiro atoms. The smallest absolute Gasteiger partial charge is 0.266 e. The number of aliphatic imine (C=N–C) groups is 1. The van der Waals surface area contributed by atoms with E-state index >= 15 is 0 Å². The predicted octanol–water partition coefficient (Wildman–Crippen LogP) is 4.82. The SMILES string of the molecule is C#Cc1ccc2c(c1)CCC1=NC(=C(c3ccccc3)c3ccccc3)C(=O)N12. The van der Waals surface area contributed by atoms with E-state index in [0.29, 0.717) is 12.1 Å². The molecule has 3 aromatic carbocycles. The van der Waals surface area contributed by atoms with Crippen LogP contribution in [0.1, 0.15) is 28.7 Å². The number of nitrogens with zero attached hydrogens (tertiary/aromatic N) is 2. The fourth-order valence-electron chi connectivity index (χ4n) is 4.02. The van der Waals surface area contributed by atoms with Gasteiger partial charge in [-0.2, -0.15) is 0 Å². The van der Waals surface area contributed by atoms with Gasteiger partial charge in [-0.1, -0.05) is 66.6 Å². The fraction of sp³-hybridized carbons (Fsp3) is 0.0769.